The first-order valence-corrected chi connectivity index (χ1v) is 11.3. The lowest BCUT2D eigenvalue weighted by Crippen LogP contribution is -2.39. The zero-order valence-electron chi connectivity index (χ0n) is 17.0. The number of para-hydroxylation sites is 1. The zero-order chi connectivity index (χ0) is 21.3. The van der Waals surface area contributed by atoms with Crippen LogP contribution in [-0.4, -0.2) is 47.2 Å². The van der Waals surface area contributed by atoms with Gasteiger partial charge in [-0.3, -0.25) is 14.5 Å². The quantitative estimate of drug-likeness (QED) is 0.534. The first kappa shape index (κ1) is 22.2. The van der Waals surface area contributed by atoms with Gasteiger partial charge in [0.25, 0.3) is 0 Å². The number of hydrogen-bond acceptors (Lipinski definition) is 5. The maximum absolute atomic E-state index is 12.5. The molecule has 1 heterocycles. The highest BCUT2D eigenvalue weighted by Gasteiger charge is 2.21. The summed E-state index contributed by atoms with van der Waals surface area (Å²) in [5.41, 5.74) is 7.20. The van der Waals surface area contributed by atoms with Crippen LogP contribution in [0, 0.1) is 5.92 Å². The zero-order valence-corrected chi connectivity index (χ0v) is 17.9. The number of piperidine rings is 1. The van der Waals surface area contributed by atoms with E-state index < -0.39 is 0 Å². The fraction of sp³-hybridized carbons (Fsp3) is 0.391. The number of nitrogens with one attached hydrogen (secondary N) is 1. The van der Waals surface area contributed by atoms with Gasteiger partial charge in [-0.25, -0.2) is 0 Å². The van der Waals surface area contributed by atoms with Gasteiger partial charge in [-0.05, 0) is 74.5 Å². The minimum Gasteiger partial charge on any atom is -0.508 e. The molecule has 3 rings (SSSR count). The monoisotopic (exact) mass is 427 g/mol. The summed E-state index contributed by atoms with van der Waals surface area (Å²) >= 11 is 1.33. The number of phenolic OH excluding ortho intramolecular Hbond substituents is 1. The van der Waals surface area contributed by atoms with Crippen LogP contribution in [0.15, 0.2) is 53.4 Å². The summed E-state index contributed by atoms with van der Waals surface area (Å²) in [6.45, 7) is 2.22. The van der Waals surface area contributed by atoms with Crippen LogP contribution < -0.4 is 11.1 Å². The first-order valence-electron chi connectivity index (χ1n) is 10.3. The molecule has 30 heavy (non-hydrogen) atoms. The number of amides is 2. The van der Waals surface area contributed by atoms with E-state index in [4.69, 9.17) is 5.73 Å². The Hall–Kier alpha value is -2.51. The van der Waals surface area contributed by atoms with Crippen molar-refractivity contribution >= 4 is 29.3 Å². The van der Waals surface area contributed by atoms with Crippen LogP contribution in [0.1, 0.15) is 24.8 Å². The summed E-state index contributed by atoms with van der Waals surface area (Å²) in [6.07, 6.45) is 4.34. The molecular weight excluding hydrogens is 398 g/mol. The van der Waals surface area contributed by atoms with E-state index in [1.54, 1.807) is 12.1 Å². The second-order valence-electron chi connectivity index (χ2n) is 7.72. The molecule has 2 aromatic carbocycles. The van der Waals surface area contributed by atoms with Gasteiger partial charge in [-0.2, -0.15) is 0 Å². The molecule has 1 saturated heterocycles. The molecule has 7 heteroatoms. The second kappa shape index (κ2) is 11.0. The molecule has 0 aromatic heterocycles. The predicted octanol–water partition coefficient (Wildman–Crippen LogP) is 3.25. The highest BCUT2D eigenvalue weighted by molar-refractivity contribution is 8.00. The molecule has 2 amide bonds. The van der Waals surface area contributed by atoms with Gasteiger partial charge < -0.3 is 16.2 Å². The van der Waals surface area contributed by atoms with E-state index in [1.807, 2.05) is 36.4 Å². The van der Waals surface area contributed by atoms with Crippen LogP contribution in [0.4, 0.5) is 5.69 Å². The van der Waals surface area contributed by atoms with Gasteiger partial charge in [-0.1, -0.05) is 24.3 Å². The molecular formula is C23H29N3O3S. The van der Waals surface area contributed by atoms with Gasteiger partial charge in [0.2, 0.25) is 11.8 Å². The second-order valence-corrected chi connectivity index (χ2v) is 8.74. The fourth-order valence-corrected chi connectivity index (χ4v) is 4.45. The Morgan fingerprint density at radius 2 is 1.80 bits per heavy atom. The van der Waals surface area contributed by atoms with Gasteiger partial charge in [-0.15, -0.1) is 11.8 Å². The van der Waals surface area contributed by atoms with Crippen molar-refractivity contribution < 1.29 is 14.7 Å². The number of aromatic hydroxyl groups is 1. The average Bonchev–Trinajstić information content (AvgIpc) is 2.73. The third kappa shape index (κ3) is 7.07. The normalized spacial score (nSPS) is 15.1. The van der Waals surface area contributed by atoms with E-state index in [9.17, 15) is 14.7 Å². The topological polar surface area (TPSA) is 95.7 Å². The molecule has 0 saturated carbocycles. The Kier molecular flexibility index (Phi) is 8.16. The van der Waals surface area contributed by atoms with Crippen LogP contribution in [0.25, 0.3) is 0 Å². The third-order valence-electron chi connectivity index (χ3n) is 5.38. The van der Waals surface area contributed by atoms with Crippen molar-refractivity contribution in [1.82, 2.24) is 4.90 Å². The number of aryl methyl sites for hydroxylation is 1. The maximum atomic E-state index is 12.5. The van der Waals surface area contributed by atoms with Gasteiger partial charge in [0, 0.05) is 4.90 Å². The van der Waals surface area contributed by atoms with Crippen molar-refractivity contribution in [1.29, 1.82) is 0 Å². The Morgan fingerprint density at radius 3 is 2.50 bits per heavy atom. The number of likely N-dealkylation sites (tertiary alicyclic amines) is 1. The molecule has 4 N–H and O–H groups in total. The summed E-state index contributed by atoms with van der Waals surface area (Å²) in [7, 11) is 0. The van der Waals surface area contributed by atoms with Crippen molar-refractivity contribution in [3.05, 3.63) is 54.1 Å². The molecule has 0 bridgehead atoms. The van der Waals surface area contributed by atoms with E-state index in [0.29, 0.717) is 18.2 Å². The molecule has 0 aliphatic carbocycles. The van der Waals surface area contributed by atoms with Crippen molar-refractivity contribution in [2.24, 2.45) is 11.7 Å². The molecule has 0 unspecified atom stereocenters. The Bertz CT molecular complexity index is 849. The molecule has 6 nitrogen and oxygen atoms in total. The summed E-state index contributed by atoms with van der Waals surface area (Å²) in [4.78, 5) is 26.6. The summed E-state index contributed by atoms with van der Waals surface area (Å²) in [5, 5.41) is 12.3. The highest BCUT2D eigenvalue weighted by atomic mass is 32.2. The number of carbonyl (C=O) groups excluding carboxylic acids is 2. The van der Waals surface area contributed by atoms with Crippen LogP contribution >= 0.6 is 11.8 Å². The average molecular weight is 428 g/mol. The van der Waals surface area contributed by atoms with Crippen molar-refractivity contribution in [3.8, 4) is 5.75 Å². The Labute approximate surface area is 181 Å². The number of carbonyl (C=O) groups is 2. The number of benzene rings is 2. The highest BCUT2D eigenvalue weighted by Crippen LogP contribution is 2.27. The van der Waals surface area contributed by atoms with Gasteiger partial charge >= 0.3 is 0 Å². The number of nitrogens with two attached hydrogens (primary N) is 1. The Balaban J connectivity index is 1.41. The summed E-state index contributed by atoms with van der Waals surface area (Å²) < 4.78 is 0. The molecule has 0 spiro atoms. The third-order valence-corrected chi connectivity index (χ3v) is 6.48. The van der Waals surface area contributed by atoms with Gasteiger partial charge in [0.1, 0.15) is 5.75 Å². The van der Waals surface area contributed by atoms with Crippen molar-refractivity contribution in [2.75, 3.05) is 30.7 Å². The molecule has 1 aliphatic rings. The number of thioether (sulfide) groups is 1. The molecule has 1 aliphatic heterocycles. The van der Waals surface area contributed by atoms with Crippen LogP contribution in [-0.2, 0) is 16.0 Å². The van der Waals surface area contributed by atoms with E-state index in [-0.39, 0.29) is 17.6 Å². The molecule has 0 atom stereocenters. The Morgan fingerprint density at radius 1 is 1.10 bits per heavy atom. The van der Waals surface area contributed by atoms with Crippen LogP contribution in [0.2, 0.25) is 0 Å². The van der Waals surface area contributed by atoms with E-state index in [1.165, 1.54) is 17.3 Å². The number of hydrogen-bond donors (Lipinski definition) is 3. The maximum Gasteiger partial charge on any atom is 0.238 e. The first-order chi connectivity index (χ1) is 14.5. The molecule has 0 radical (unpaired) electrons. The van der Waals surface area contributed by atoms with Crippen molar-refractivity contribution in [2.45, 2.75) is 30.6 Å². The number of nitrogens with zero attached hydrogens (tertiary/aromatic N) is 1. The lowest BCUT2D eigenvalue weighted by Gasteiger charge is -2.31. The molecule has 160 valence electrons. The smallest absolute Gasteiger partial charge is 0.238 e. The largest absolute Gasteiger partial charge is 0.508 e. The van der Waals surface area contributed by atoms with Crippen LogP contribution in [0.3, 0.4) is 0 Å². The predicted molar refractivity (Wildman–Crippen MR) is 121 cm³/mol. The lowest BCUT2D eigenvalue weighted by molar-refractivity contribution is -0.117. The number of primary amides is 1. The summed E-state index contributed by atoms with van der Waals surface area (Å²) in [5.74, 6) is 0.743. The number of phenols is 1. The lowest BCUT2D eigenvalue weighted by atomic mass is 9.90. The number of rotatable bonds is 9. The number of anilines is 1. The minimum absolute atomic E-state index is 0.0373. The van der Waals surface area contributed by atoms with Gasteiger partial charge in [0.15, 0.2) is 0 Å². The summed E-state index contributed by atoms with van der Waals surface area (Å²) in [6, 6.07) is 14.9. The SMILES string of the molecule is NC(=O)CSc1ccccc1NC(=O)CN1CCC(CCc2ccc(O)cc2)CC1. The molecule has 1 fully saturated rings. The minimum atomic E-state index is -0.380. The van der Waals surface area contributed by atoms with E-state index >= 15 is 0 Å². The molecule has 2 aromatic rings. The van der Waals surface area contributed by atoms with E-state index in [2.05, 4.69) is 10.2 Å². The van der Waals surface area contributed by atoms with Crippen molar-refractivity contribution in [3.63, 3.8) is 0 Å². The fourth-order valence-electron chi connectivity index (χ4n) is 3.70. The van der Waals surface area contributed by atoms with Crippen LogP contribution in [0.5, 0.6) is 5.75 Å². The standard InChI is InChI=1S/C23H29N3O3S/c24-22(28)16-30-21-4-2-1-3-20(21)25-23(29)15-26-13-11-18(12-14-26)6-5-17-7-9-19(27)10-8-17/h1-4,7-10,18,27H,5-6,11-16H2,(H2,24,28)(H,25,29). The van der Waals surface area contributed by atoms with E-state index in [0.717, 1.165) is 49.4 Å². The van der Waals surface area contributed by atoms with Gasteiger partial charge in [0.05, 0.1) is 18.0 Å².